The zero-order valence-corrected chi connectivity index (χ0v) is 13.5. The monoisotopic (exact) mass is 357 g/mol. The summed E-state index contributed by atoms with van der Waals surface area (Å²) in [5.74, 6) is -2.00. The summed E-state index contributed by atoms with van der Waals surface area (Å²) >= 11 is 0. The molecule has 0 saturated carbocycles. The first-order chi connectivity index (χ1) is 12.5. The van der Waals surface area contributed by atoms with Crippen molar-refractivity contribution in [3.8, 4) is 0 Å². The Morgan fingerprint density at radius 1 is 1.00 bits per heavy atom. The van der Waals surface area contributed by atoms with Gasteiger partial charge in [0.15, 0.2) is 6.61 Å². The molecule has 0 aliphatic carbocycles. The second-order valence-electron chi connectivity index (χ2n) is 5.03. The molecule has 2 rings (SSSR count). The SMILES string of the molecule is O=C(COC(=O)CNC(=O)c1ccccc1)Nc1ccccc1[N+](=O)[O-]. The summed E-state index contributed by atoms with van der Waals surface area (Å²) in [6, 6.07) is 13.9. The zero-order valence-electron chi connectivity index (χ0n) is 13.5. The third-order valence-electron chi connectivity index (χ3n) is 3.17. The molecule has 0 radical (unpaired) electrons. The molecule has 0 bridgehead atoms. The minimum absolute atomic E-state index is 0.00377. The first-order valence-electron chi connectivity index (χ1n) is 7.49. The number of carbonyl (C=O) groups excluding carboxylic acids is 3. The van der Waals surface area contributed by atoms with Crippen LogP contribution >= 0.6 is 0 Å². The van der Waals surface area contributed by atoms with Gasteiger partial charge in [-0.2, -0.15) is 0 Å². The lowest BCUT2D eigenvalue weighted by molar-refractivity contribution is -0.383. The van der Waals surface area contributed by atoms with E-state index >= 15 is 0 Å². The van der Waals surface area contributed by atoms with Gasteiger partial charge in [-0.3, -0.25) is 24.5 Å². The number of carbonyl (C=O) groups is 3. The largest absolute Gasteiger partial charge is 0.454 e. The highest BCUT2D eigenvalue weighted by atomic mass is 16.6. The topological polar surface area (TPSA) is 128 Å². The van der Waals surface area contributed by atoms with E-state index in [0.717, 1.165) is 0 Å². The van der Waals surface area contributed by atoms with Crippen molar-refractivity contribution in [1.29, 1.82) is 0 Å². The maximum atomic E-state index is 11.8. The molecule has 0 unspecified atom stereocenters. The van der Waals surface area contributed by atoms with Crippen molar-refractivity contribution in [3.63, 3.8) is 0 Å². The molecule has 134 valence electrons. The predicted octanol–water partition coefficient (Wildman–Crippen LogP) is 1.51. The number of nitrogens with zero attached hydrogens (tertiary/aromatic N) is 1. The van der Waals surface area contributed by atoms with E-state index in [2.05, 4.69) is 10.6 Å². The first-order valence-corrected chi connectivity index (χ1v) is 7.49. The minimum atomic E-state index is -0.813. The van der Waals surface area contributed by atoms with Crippen LogP contribution in [-0.2, 0) is 14.3 Å². The van der Waals surface area contributed by atoms with E-state index in [1.165, 1.54) is 24.3 Å². The highest BCUT2D eigenvalue weighted by Gasteiger charge is 2.16. The number of para-hydroxylation sites is 2. The Bertz CT molecular complexity index is 822. The number of benzene rings is 2. The maximum Gasteiger partial charge on any atom is 0.325 e. The third kappa shape index (κ3) is 5.41. The van der Waals surface area contributed by atoms with Crippen LogP contribution in [0.25, 0.3) is 0 Å². The molecule has 0 saturated heterocycles. The van der Waals surface area contributed by atoms with E-state index in [-0.39, 0.29) is 11.4 Å². The highest BCUT2D eigenvalue weighted by molar-refractivity contribution is 5.97. The number of hydrogen-bond acceptors (Lipinski definition) is 6. The molecule has 2 N–H and O–H groups in total. The van der Waals surface area contributed by atoms with Gasteiger partial charge in [-0.15, -0.1) is 0 Å². The van der Waals surface area contributed by atoms with Gasteiger partial charge in [0, 0.05) is 11.6 Å². The number of ether oxygens (including phenoxy) is 1. The number of amides is 2. The average Bonchev–Trinajstić information content (AvgIpc) is 2.65. The van der Waals surface area contributed by atoms with Gasteiger partial charge in [0.05, 0.1) is 4.92 Å². The molecular weight excluding hydrogens is 342 g/mol. The number of anilines is 1. The predicted molar refractivity (Wildman–Crippen MR) is 91.5 cm³/mol. The van der Waals surface area contributed by atoms with Gasteiger partial charge in [0.25, 0.3) is 17.5 Å². The lowest BCUT2D eigenvalue weighted by atomic mass is 10.2. The first kappa shape index (κ1) is 18.6. The van der Waals surface area contributed by atoms with Crippen LogP contribution in [0, 0.1) is 10.1 Å². The van der Waals surface area contributed by atoms with Gasteiger partial charge in [-0.1, -0.05) is 30.3 Å². The second kappa shape index (κ2) is 8.92. The molecular formula is C17H15N3O6. The van der Waals surface area contributed by atoms with Crippen molar-refractivity contribution in [1.82, 2.24) is 5.32 Å². The number of nitrogens with one attached hydrogen (secondary N) is 2. The van der Waals surface area contributed by atoms with Crippen molar-refractivity contribution in [3.05, 3.63) is 70.3 Å². The van der Waals surface area contributed by atoms with Crippen LogP contribution in [0.15, 0.2) is 54.6 Å². The fraction of sp³-hybridized carbons (Fsp3) is 0.118. The van der Waals surface area contributed by atoms with Crippen LogP contribution in [-0.4, -0.2) is 35.9 Å². The zero-order chi connectivity index (χ0) is 18.9. The summed E-state index contributed by atoms with van der Waals surface area (Å²) < 4.78 is 4.73. The number of esters is 1. The number of nitro groups is 1. The standard InChI is InChI=1S/C17H15N3O6/c21-15(19-13-8-4-5-9-14(13)20(24)25)11-26-16(22)10-18-17(23)12-6-2-1-3-7-12/h1-9H,10-11H2,(H,18,23)(H,19,21). The van der Waals surface area contributed by atoms with E-state index in [0.29, 0.717) is 5.56 Å². The van der Waals surface area contributed by atoms with Crippen molar-refractivity contribution >= 4 is 29.2 Å². The van der Waals surface area contributed by atoms with E-state index in [4.69, 9.17) is 4.74 Å². The van der Waals surface area contributed by atoms with Crippen molar-refractivity contribution < 1.29 is 24.0 Å². The molecule has 0 aliphatic heterocycles. The number of nitro benzene ring substituents is 1. The second-order valence-corrected chi connectivity index (χ2v) is 5.03. The molecule has 2 aromatic carbocycles. The van der Waals surface area contributed by atoms with Gasteiger partial charge in [-0.25, -0.2) is 0 Å². The third-order valence-corrected chi connectivity index (χ3v) is 3.17. The van der Waals surface area contributed by atoms with Crippen LogP contribution in [0.5, 0.6) is 0 Å². The van der Waals surface area contributed by atoms with Crippen molar-refractivity contribution in [2.45, 2.75) is 0 Å². The lowest BCUT2D eigenvalue weighted by Gasteiger charge is -2.08. The molecule has 26 heavy (non-hydrogen) atoms. The fourth-order valence-electron chi connectivity index (χ4n) is 1.97. The van der Waals surface area contributed by atoms with Crippen molar-refractivity contribution in [2.75, 3.05) is 18.5 Å². The Hall–Kier alpha value is -3.75. The van der Waals surface area contributed by atoms with Crippen LogP contribution in [0.1, 0.15) is 10.4 Å². The fourth-order valence-corrected chi connectivity index (χ4v) is 1.97. The Kier molecular flexibility index (Phi) is 6.38. The van der Waals surface area contributed by atoms with Crippen LogP contribution < -0.4 is 10.6 Å². The average molecular weight is 357 g/mol. The molecule has 0 heterocycles. The molecule has 0 aliphatic rings. The summed E-state index contributed by atoms with van der Waals surface area (Å²) in [4.78, 5) is 45.3. The summed E-state index contributed by atoms with van der Waals surface area (Å²) in [5.41, 5.74) is 0.104. The van der Waals surface area contributed by atoms with E-state index in [1.807, 2.05) is 0 Å². The molecule has 9 nitrogen and oxygen atoms in total. The molecule has 2 aromatic rings. The molecule has 0 aromatic heterocycles. The van der Waals surface area contributed by atoms with E-state index in [1.54, 1.807) is 30.3 Å². The summed E-state index contributed by atoms with van der Waals surface area (Å²) in [6.07, 6.45) is 0. The normalized spacial score (nSPS) is 9.85. The van der Waals surface area contributed by atoms with Gasteiger partial charge in [0.1, 0.15) is 12.2 Å². The lowest BCUT2D eigenvalue weighted by Crippen LogP contribution is -2.32. The van der Waals surface area contributed by atoms with Gasteiger partial charge in [0.2, 0.25) is 0 Å². The van der Waals surface area contributed by atoms with Gasteiger partial charge < -0.3 is 15.4 Å². The van der Waals surface area contributed by atoms with Crippen LogP contribution in [0.3, 0.4) is 0 Å². The molecule has 0 spiro atoms. The number of hydrogen-bond donors (Lipinski definition) is 2. The Balaban J connectivity index is 1.78. The molecule has 0 atom stereocenters. The number of rotatable bonds is 7. The molecule has 2 amide bonds. The Labute approximate surface area is 148 Å². The quantitative estimate of drug-likeness (QED) is 0.439. The molecule has 0 fully saturated rings. The Morgan fingerprint density at radius 2 is 1.65 bits per heavy atom. The summed E-state index contributed by atoms with van der Waals surface area (Å²) in [7, 11) is 0. The maximum absolute atomic E-state index is 11.8. The van der Waals surface area contributed by atoms with Crippen LogP contribution in [0.4, 0.5) is 11.4 Å². The van der Waals surface area contributed by atoms with Crippen molar-refractivity contribution in [2.24, 2.45) is 0 Å². The van der Waals surface area contributed by atoms with Crippen LogP contribution in [0.2, 0.25) is 0 Å². The molecule has 9 heteroatoms. The minimum Gasteiger partial charge on any atom is -0.454 e. The summed E-state index contributed by atoms with van der Waals surface area (Å²) in [6.45, 7) is -1.04. The van der Waals surface area contributed by atoms with E-state index < -0.39 is 35.9 Å². The van der Waals surface area contributed by atoms with E-state index in [9.17, 15) is 24.5 Å². The summed E-state index contributed by atoms with van der Waals surface area (Å²) in [5, 5.41) is 15.5. The highest BCUT2D eigenvalue weighted by Crippen LogP contribution is 2.22. The Morgan fingerprint density at radius 3 is 2.35 bits per heavy atom. The smallest absolute Gasteiger partial charge is 0.325 e. The van der Waals surface area contributed by atoms with Gasteiger partial charge >= 0.3 is 5.97 Å². The van der Waals surface area contributed by atoms with Gasteiger partial charge in [-0.05, 0) is 18.2 Å².